The molecular weight excluding hydrogens is 307 g/mol. The Bertz CT molecular complexity index is 537. The first-order chi connectivity index (χ1) is 10.3. The van der Waals surface area contributed by atoms with E-state index >= 15 is 0 Å². The molecule has 0 unspecified atom stereocenters. The summed E-state index contributed by atoms with van der Waals surface area (Å²) in [5.41, 5.74) is -0.341. The number of aliphatic hydroxyl groups excluding tert-OH is 2. The van der Waals surface area contributed by atoms with Crippen LogP contribution in [-0.4, -0.2) is 53.9 Å². The first kappa shape index (κ1) is 16.5. The molecule has 0 radical (unpaired) electrons. The lowest BCUT2D eigenvalue weighted by Gasteiger charge is -2.32. The highest BCUT2D eigenvalue weighted by Gasteiger charge is 2.35. The normalized spacial score (nSPS) is 25.6. The van der Waals surface area contributed by atoms with Crippen LogP contribution < -0.4 is 10.1 Å². The summed E-state index contributed by atoms with van der Waals surface area (Å²) in [6.45, 7) is -0.145. The number of para-hydroxylation sites is 1. The van der Waals surface area contributed by atoms with E-state index in [1.165, 1.54) is 12.1 Å². The topological polar surface area (TPSA) is 88.0 Å². The maximum absolute atomic E-state index is 12.3. The molecule has 1 amide bonds. The second kappa shape index (κ2) is 6.51. The lowest BCUT2D eigenvalue weighted by atomic mass is 10.0. The Morgan fingerprint density at radius 1 is 1.27 bits per heavy atom. The van der Waals surface area contributed by atoms with E-state index in [0.29, 0.717) is 0 Å². The van der Waals surface area contributed by atoms with Crippen LogP contribution in [0.5, 0.6) is 5.75 Å². The molecule has 1 aliphatic rings. The lowest BCUT2D eigenvalue weighted by Crippen LogP contribution is -2.55. The molecule has 2 rings (SSSR count). The Labute approximate surface area is 123 Å². The van der Waals surface area contributed by atoms with Crippen LogP contribution in [0.4, 0.5) is 13.2 Å². The minimum absolute atomic E-state index is 0.0632. The number of carbonyl (C=O) groups is 1. The van der Waals surface area contributed by atoms with Crippen molar-refractivity contribution < 1.29 is 37.7 Å². The zero-order valence-electron chi connectivity index (χ0n) is 11.2. The summed E-state index contributed by atoms with van der Waals surface area (Å²) in [4.78, 5) is 12.1. The number of ether oxygens (including phenoxy) is 2. The van der Waals surface area contributed by atoms with Gasteiger partial charge in [0, 0.05) is 0 Å². The van der Waals surface area contributed by atoms with Gasteiger partial charge >= 0.3 is 6.36 Å². The van der Waals surface area contributed by atoms with Crippen LogP contribution in [0.3, 0.4) is 0 Å². The van der Waals surface area contributed by atoms with E-state index < -0.39 is 36.3 Å². The number of hydrogen-bond donors (Lipinski definition) is 3. The van der Waals surface area contributed by atoms with Gasteiger partial charge in [0.05, 0.1) is 24.8 Å². The first-order valence-corrected chi connectivity index (χ1v) is 6.37. The maximum Gasteiger partial charge on any atom is 0.573 e. The van der Waals surface area contributed by atoms with E-state index in [2.05, 4.69) is 10.1 Å². The number of halogens is 3. The monoisotopic (exact) mass is 321 g/mol. The Kier molecular flexibility index (Phi) is 4.89. The average Bonchev–Trinajstić information content (AvgIpc) is 2.42. The van der Waals surface area contributed by atoms with Gasteiger partial charge in [-0.15, -0.1) is 13.2 Å². The molecule has 22 heavy (non-hydrogen) atoms. The highest BCUT2D eigenvalue weighted by molar-refractivity contribution is 5.97. The summed E-state index contributed by atoms with van der Waals surface area (Å²) in [6, 6.07) is 3.89. The number of nitrogens with one attached hydrogen (secondary N) is 1. The fourth-order valence-electron chi connectivity index (χ4n) is 2.02. The number of rotatable bonds is 3. The van der Waals surface area contributed by atoms with Crippen LogP contribution in [0.15, 0.2) is 24.3 Å². The predicted octanol–water partition coefficient (Wildman–Crippen LogP) is 0.436. The van der Waals surface area contributed by atoms with Gasteiger partial charge in [-0.25, -0.2) is 0 Å². The smallest absolute Gasteiger partial charge is 0.405 e. The highest BCUT2D eigenvalue weighted by Crippen LogP contribution is 2.26. The van der Waals surface area contributed by atoms with E-state index in [9.17, 15) is 28.2 Å². The Balaban J connectivity index is 2.12. The lowest BCUT2D eigenvalue weighted by molar-refractivity contribution is -0.274. The molecule has 0 bridgehead atoms. The largest absolute Gasteiger partial charge is 0.573 e. The van der Waals surface area contributed by atoms with Gasteiger partial charge in [-0.1, -0.05) is 12.1 Å². The summed E-state index contributed by atoms with van der Waals surface area (Å²) >= 11 is 0. The summed E-state index contributed by atoms with van der Waals surface area (Å²) in [7, 11) is 0. The molecule has 3 atom stereocenters. The zero-order valence-corrected chi connectivity index (χ0v) is 11.2. The van der Waals surface area contributed by atoms with Crippen molar-refractivity contribution >= 4 is 5.91 Å². The van der Waals surface area contributed by atoms with Crippen LogP contribution in [0.1, 0.15) is 10.4 Å². The van der Waals surface area contributed by atoms with Gasteiger partial charge in [-0.3, -0.25) is 4.79 Å². The summed E-state index contributed by atoms with van der Waals surface area (Å²) in [5.74, 6) is -1.53. The third-order valence-corrected chi connectivity index (χ3v) is 3.07. The Hall–Kier alpha value is -1.84. The fraction of sp³-hybridized carbons (Fsp3) is 0.462. The molecule has 0 aliphatic carbocycles. The van der Waals surface area contributed by atoms with Crippen molar-refractivity contribution in [1.82, 2.24) is 5.32 Å². The van der Waals surface area contributed by atoms with E-state index in [4.69, 9.17) is 4.74 Å². The maximum atomic E-state index is 12.3. The van der Waals surface area contributed by atoms with Gasteiger partial charge < -0.3 is 25.0 Å². The minimum atomic E-state index is -4.93. The van der Waals surface area contributed by atoms with Gasteiger partial charge in [-0.05, 0) is 12.1 Å². The average molecular weight is 321 g/mol. The number of alkyl halides is 3. The van der Waals surface area contributed by atoms with Gasteiger partial charge in [-0.2, -0.15) is 0 Å². The van der Waals surface area contributed by atoms with Gasteiger partial charge in [0.25, 0.3) is 5.91 Å². The molecule has 1 fully saturated rings. The third-order valence-electron chi connectivity index (χ3n) is 3.07. The molecule has 1 aliphatic heterocycles. The van der Waals surface area contributed by atoms with E-state index in [0.717, 1.165) is 12.1 Å². The quantitative estimate of drug-likeness (QED) is 0.752. The van der Waals surface area contributed by atoms with E-state index in [-0.39, 0.29) is 18.8 Å². The van der Waals surface area contributed by atoms with Crippen LogP contribution in [0.2, 0.25) is 0 Å². The summed E-state index contributed by atoms with van der Waals surface area (Å²) in [5, 5.41) is 21.5. The van der Waals surface area contributed by atoms with Gasteiger partial charge in [0.15, 0.2) is 0 Å². The molecule has 1 saturated heterocycles. The van der Waals surface area contributed by atoms with Gasteiger partial charge in [0.2, 0.25) is 0 Å². The number of carbonyl (C=O) groups excluding carboxylic acids is 1. The summed E-state index contributed by atoms with van der Waals surface area (Å²) in [6.07, 6.45) is -7.38. The van der Waals surface area contributed by atoms with Crippen LogP contribution in [-0.2, 0) is 4.74 Å². The van der Waals surface area contributed by atoms with E-state index in [1.54, 1.807) is 0 Å². The molecule has 0 aromatic heterocycles. The fourth-order valence-corrected chi connectivity index (χ4v) is 2.02. The molecule has 122 valence electrons. The van der Waals surface area contributed by atoms with Crippen molar-refractivity contribution in [3.8, 4) is 5.75 Å². The van der Waals surface area contributed by atoms with E-state index in [1.807, 2.05) is 0 Å². The predicted molar refractivity (Wildman–Crippen MR) is 67.2 cm³/mol. The molecule has 3 N–H and O–H groups in total. The van der Waals surface area contributed by atoms with Crippen LogP contribution in [0, 0.1) is 0 Å². The van der Waals surface area contributed by atoms with Crippen molar-refractivity contribution in [3.05, 3.63) is 29.8 Å². The SMILES string of the molecule is O=C(N[C@@H]1COC[C@@H](O)[C@H]1O)c1ccccc1OC(F)(F)F. The van der Waals surface area contributed by atoms with Crippen LogP contribution in [0.25, 0.3) is 0 Å². The second-order valence-corrected chi connectivity index (χ2v) is 4.72. The number of benzene rings is 1. The number of aliphatic hydroxyl groups is 2. The molecule has 1 aromatic carbocycles. The molecule has 1 aromatic rings. The highest BCUT2D eigenvalue weighted by atomic mass is 19.4. The Morgan fingerprint density at radius 2 is 1.95 bits per heavy atom. The minimum Gasteiger partial charge on any atom is -0.405 e. The van der Waals surface area contributed by atoms with Crippen molar-refractivity contribution in [2.75, 3.05) is 13.2 Å². The molecule has 6 nitrogen and oxygen atoms in total. The second-order valence-electron chi connectivity index (χ2n) is 4.72. The van der Waals surface area contributed by atoms with Crippen molar-refractivity contribution in [2.24, 2.45) is 0 Å². The molecular formula is C13H14F3NO5. The van der Waals surface area contributed by atoms with Crippen molar-refractivity contribution in [3.63, 3.8) is 0 Å². The first-order valence-electron chi connectivity index (χ1n) is 6.37. The van der Waals surface area contributed by atoms with Gasteiger partial charge in [0.1, 0.15) is 18.0 Å². The number of amides is 1. The van der Waals surface area contributed by atoms with Crippen molar-refractivity contribution in [1.29, 1.82) is 0 Å². The summed E-state index contributed by atoms with van der Waals surface area (Å²) < 4.78 is 45.7. The molecule has 1 heterocycles. The van der Waals surface area contributed by atoms with Crippen LogP contribution >= 0.6 is 0 Å². The van der Waals surface area contributed by atoms with Crippen molar-refractivity contribution in [2.45, 2.75) is 24.6 Å². The number of hydrogen-bond acceptors (Lipinski definition) is 5. The molecule has 0 spiro atoms. The molecule has 9 heteroatoms. The Morgan fingerprint density at radius 3 is 2.64 bits per heavy atom. The third kappa shape index (κ3) is 4.09. The standard InChI is InChI=1S/C13H14F3NO5/c14-13(15,16)22-10-4-2-1-3-7(10)12(20)17-8-5-21-6-9(18)11(8)19/h1-4,8-9,11,18-19H,5-6H2,(H,17,20)/t8-,9-,11+/m1/s1. The zero-order chi connectivity index (χ0) is 16.3. The molecule has 0 saturated carbocycles.